The minimum absolute atomic E-state index is 0.0454. The monoisotopic (exact) mass is 303 g/mol. The van der Waals surface area contributed by atoms with Crippen LogP contribution in [0, 0.1) is 0 Å². The second kappa shape index (κ2) is 5.51. The number of ether oxygens (including phenoxy) is 1. The molecular formula is C15H11F2N3O2. The van der Waals surface area contributed by atoms with Crippen molar-refractivity contribution in [2.75, 3.05) is 0 Å². The average molecular weight is 303 g/mol. The van der Waals surface area contributed by atoms with E-state index in [4.69, 9.17) is 0 Å². The van der Waals surface area contributed by atoms with Gasteiger partial charge in [-0.1, -0.05) is 12.1 Å². The Hall–Kier alpha value is -2.83. The zero-order valence-corrected chi connectivity index (χ0v) is 11.5. The van der Waals surface area contributed by atoms with Crippen molar-refractivity contribution in [3.63, 3.8) is 0 Å². The molecule has 0 aliphatic carbocycles. The summed E-state index contributed by atoms with van der Waals surface area (Å²) in [7, 11) is 0. The molecule has 0 radical (unpaired) electrons. The molecule has 0 fully saturated rings. The van der Waals surface area contributed by atoms with E-state index in [1.165, 1.54) is 25.3 Å². The highest BCUT2D eigenvalue weighted by Gasteiger charge is 2.13. The number of aromatic amines is 1. The number of fused-ring (bicyclic) bond motifs is 1. The fourth-order valence-corrected chi connectivity index (χ4v) is 2.12. The van der Waals surface area contributed by atoms with Crippen LogP contribution in [0.25, 0.3) is 22.3 Å². The minimum atomic E-state index is -2.89. The number of Topliss-reactive ketones (excluding diaryl/α,β-unsaturated/α-hetero) is 1. The molecule has 0 saturated heterocycles. The molecule has 1 aromatic carbocycles. The first-order valence-electron chi connectivity index (χ1n) is 6.45. The molecular weight excluding hydrogens is 292 g/mol. The summed E-state index contributed by atoms with van der Waals surface area (Å²) in [6, 6.07) is 7.86. The fourth-order valence-electron chi connectivity index (χ4n) is 2.12. The summed E-state index contributed by atoms with van der Waals surface area (Å²) < 4.78 is 28.9. The van der Waals surface area contributed by atoms with Gasteiger partial charge in [0, 0.05) is 17.3 Å². The molecule has 22 heavy (non-hydrogen) atoms. The lowest BCUT2D eigenvalue weighted by atomic mass is 10.1. The molecule has 0 amide bonds. The maximum absolute atomic E-state index is 12.3. The van der Waals surface area contributed by atoms with Gasteiger partial charge in [-0.25, -0.2) is 0 Å². The third-order valence-corrected chi connectivity index (χ3v) is 3.14. The second-order valence-corrected chi connectivity index (χ2v) is 4.65. The normalized spacial score (nSPS) is 11.1. The van der Waals surface area contributed by atoms with Crippen LogP contribution >= 0.6 is 0 Å². The number of hydrogen-bond donors (Lipinski definition) is 1. The van der Waals surface area contributed by atoms with Gasteiger partial charge >= 0.3 is 6.61 Å². The number of ketones is 1. The summed E-state index contributed by atoms with van der Waals surface area (Å²) in [6.07, 6.45) is 1.46. The Labute approximate surface area is 123 Å². The molecule has 1 N–H and O–H groups in total. The predicted octanol–water partition coefficient (Wildman–Crippen LogP) is 3.43. The van der Waals surface area contributed by atoms with E-state index in [9.17, 15) is 13.6 Å². The number of rotatable bonds is 4. The lowest BCUT2D eigenvalue weighted by Gasteiger charge is -2.05. The first-order valence-corrected chi connectivity index (χ1v) is 6.45. The van der Waals surface area contributed by atoms with Crippen molar-refractivity contribution in [1.82, 2.24) is 15.2 Å². The second-order valence-electron chi connectivity index (χ2n) is 4.65. The smallest absolute Gasteiger partial charge is 0.387 e. The molecule has 112 valence electrons. The number of aromatic nitrogens is 3. The average Bonchev–Trinajstić information content (AvgIpc) is 2.89. The highest BCUT2D eigenvalue weighted by atomic mass is 19.3. The lowest BCUT2D eigenvalue weighted by Crippen LogP contribution is -2.01. The molecule has 0 atom stereocenters. The highest BCUT2D eigenvalue weighted by Crippen LogP contribution is 2.28. The number of hydrogen-bond acceptors (Lipinski definition) is 4. The molecule has 3 rings (SSSR count). The number of nitrogens with one attached hydrogen (secondary N) is 1. The largest absolute Gasteiger partial charge is 0.435 e. The number of alkyl halides is 2. The lowest BCUT2D eigenvalue weighted by molar-refractivity contribution is -0.0498. The molecule has 0 saturated carbocycles. The van der Waals surface area contributed by atoms with Gasteiger partial charge in [0.2, 0.25) is 0 Å². The van der Waals surface area contributed by atoms with Gasteiger partial charge in [-0.15, -0.1) is 0 Å². The van der Waals surface area contributed by atoms with E-state index in [-0.39, 0.29) is 11.5 Å². The molecule has 0 spiro atoms. The number of carbonyl (C=O) groups excluding carboxylic acids is 1. The molecule has 0 aliphatic heterocycles. The van der Waals surface area contributed by atoms with Crippen LogP contribution in [-0.2, 0) is 0 Å². The zero-order chi connectivity index (χ0) is 15.7. The van der Waals surface area contributed by atoms with Crippen molar-refractivity contribution in [2.24, 2.45) is 0 Å². The molecule has 0 aliphatic rings. The van der Waals surface area contributed by atoms with Gasteiger partial charge in [0.1, 0.15) is 17.0 Å². The minimum Gasteiger partial charge on any atom is -0.435 e. The van der Waals surface area contributed by atoms with E-state index in [0.717, 1.165) is 0 Å². The van der Waals surface area contributed by atoms with Crippen LogP contribution in [-0.4, -0.2) is 27.6 Å². The van der Waals surface area contributed by atoms with Crippen LogP contribution in [0.5, 0.6) is 5.75 Å². The van der Waals surface area contributed by atoms with E-state index in [0.29, 0.717) is 27.9 Å². The summed E-state index contributed by atoms with van der Waals surface area (Å²) in [5, 5.41) is 6.93. The predicted molar refractivity (Wildman–Crippen MR) is 76.0 cm³/mol. The third-order valence-electron chi connectivity index (χ3n) is 3.14. The van der Waals surface area contributed by atoms with Gasteiger partial charge in [-0.05, 0) is 25.1 Å². The van der Waals surface area contributed by atoms with Crippen LogP contribution in [0.2, 0.25) is 0 Å². The first-order chi connectivity index (χ1) is 10.5. The van der Waals surface area contributed by atoms with Gasteiger partial charge in [0.15, 0.2) is 5.78 Å². The Morgan fingerprint density at radius 3 is 2.86 bits per heavy atom. The molecule has 3 aromatic rings. The van der Waals surface area contributed by atoms with Crippen molar-refractivity contribution in [2.45, 2.75) is 13.5 Å². The van der Waals surface area contributed by atoms with E-state index < -0.39 is 6.61 Å². The van der Waals surface area contributed by atoms with E-state index in [1.54, 1.807) is 18.2 Å². The first kappa shape index (κ1) is 14.1. The Kier molecular flexibility index (Phi) is 3.54. The molecule has 2 aromatic heterocycles. The van der Waals surface area contributed by atoms with Crippen molar-refractivity contribution < 1.29 is 18.3 Å². The van der Waals surface area contributed by atoms with Crippen molar-refractivity contribution in [3.05, 3.63) is 42.1 Å². The highest BCUT2D eigenvalue weighted by molar-refractivity contribution is 5.98. The van der Waals surface area contributed by atoms with Crippen LogP contribution < -0.4 is 4.74 Å². The van der Waals surface area contributed by atoms with E-state index in [2.05, 4.69) is 19.9 Å². The number of pyridine rings is 1. The Balaban J connectivity index is 2.05. The summed E-state index contributed by atoms with van der Waals surface area (Å²) >= 11 is 0. The molecule has 7 heteroatoms. The molecule has 0 bridgehead atoms. The summed E-state index contributed by atoms with van der Waals surface area (Å²) in [4.78, 5) is 15.6. The number of benzene rings is 1. The van der Waals surface area contributed by atoms with Crippen molar-refractivity contribution in [1.29, 1.82) is 0 Å². The maximum Gasteiger partial charge on any atom is 0.387 e. The molecule has 5 nitrogen and oxygen atoms in total. The van der Waals surface area contributed by atoms with Crippen LogP contribution in [0.4, 0.5) is 8.78 Å². The Morgan fingerprint density at radius 2 is 2.14 bits per heavy atom. The van der Waals surface area contributed by atoms with Crippen molar-refractivity contribution >= 4 is 16.8 Å². The number of H-pyrrole nitrogens is 1. The van der Waals surface area contributed by atoms with Gasteiger partial charge in [-0.3, -0.25) is 14.9 Å². The van der Waals surface area contributed by atoms with E-state index in [1.807, 2.05) is 0 Å². The molecule has 0 unspecified atom stereocenters. The van der Waals surface area contributed by atoms with Gasteiger partial charge in [0.25, 0.3) is 0 Å². The quantitative estimate of drug-likeness (QED) is 0.750. The van der Waals surface area contributed by atoms with E-state index >= 15 is 0 Å². The van der Waals surface area contributed by atoms with Gasteiger partial charge in [0.05, 0.1) is 5.52 Å². The van der Waals surface area contributed by atoms with Crippen LogP contribution in [0.3, 0.4) is 0 Å². The summed E-state index contributed by atoms with van der Waals surface area (Å²) in [6.45, 7) is -1.44. The zero-order valence-electron chi connectivity index (χ0n) is 11.5. The summed E-state index contributed by atoms with van der Waals surface area (Å²) in [5.74, 6) is -0.0538. The topological polar surface area (TPSA) is 67.9 Å². The van der Waals surface area contributed by atoms with Gasteiger partial charge in [-0.2, -0.15) is 13.9 Å². The number of halogens is 2. The SMILES string of the molecule is CC(=O)c1cnc2c(-c3cccc(OC(F)F)c3)n[nH]c2c1. The maximum atomic E-state index is 12.3. The molecule has 2 heterocycles. The van der Waals surface area contributed by atoms with Crippen LogP contribution in [0.1, 0.15) is 17.3 Å². The summed E-state index contributed by atoms with van der Waals surface area (Å²) in [5.41, 5.74) is 2.72. The standard InChI is InChI=1S/C15H11F2N3O2/c1-8(21)10-6-12-14(18-7-10)13(20-19-12)9-3-2-4-11(5-9)22-15(16)17/h2-7,15H,1H3,(H,19,20). The fraction of sp³-hybridized carbons (Fsp3) is 0.133. The van der Waals surface area contributed by atoms with Crippen LogP contribution in [0.15, 0.2) is 36.5 Å². The number of carbonyl (C=O) groups is 1. The third kappa shape index (κ3) is 2.65. The van der Waals surface area contributed by atoms with Crippen molar-refractivity contribution in [3.8, 4) is 17.0 Å². The Bertz CT molecular complexity index is 846. The Morgan fingerprint density at radius 1 is 1.32 bits per heavy atom. The van der Waals surface area contributed by atoms with Gasteiger partial charge < -0.3 is 4.74 Å². The number of nitrogens with zero attached hydrogens (tertiary/aromatic N) is 2.